The van der Waals surface area contributed by atoms with Crippen molar-refractivity contribution in [2.75, 3.05) is 43.4 Å². The van der Waals surface area contributed by atoms with Crippen molar-refractivity contribution in [1.82, 2.24) is 19.9 Å². The summed E-state index contributed by atoms with van der Waals surface area (Å²) in [4.78, 5) is 32.8. The van der Waals surface area contributed by atoms with Gasteiger partial charge in [0, 0.05) is 31.9 Å². The zero-order valence-corrected chi connectivity index (χ0v) is 17.4. The van der Waals surface area contributed by atoms with Crippen LogP contribution in [0.4, 0.5) is 11.6 Å². The minimum Gasteiger partial charge on any atom is -0.353 e. The molecular formula is C20H24N6OS. The lowest BCUT2D eigenvalue weighted by atomic mass is 10.1. The molecule has 0 atom stereocenters. The molecule has 8 heteroatoms. The number of piperazine rings is 1. The maximum atomic E-state index is 12.9. The number of rotatable bonds is 3. The van der Waals surface area contributed by atoms with E-state index in [-0.39, 0.29) is 5.91 Å². The van der Waals surface area contributed by atoms with Gasteiger partial charge < -0.3 is 15.1 Å². The number of aromatic nitrogens is 3. The number of likely N-dealkylation sites (N-methyl/N-ethyl adjacent to an activating group) is 1. The van der Waals surface area contributed by atoms with E-state index in [4.69, 9.17) is 4.98 Å². The van der Waals surface area contributed by atoms with Crippen LogP contribution in [0.3, 0.4) is 0 Å². The summed E-state index contributed by atoms with van der Waals surface area (Å²) >= 11 is 1.42. The Labute approximate surface area is 168 Å². The van der Waals surface area contributed by atoms with Gasteiger partial charge in [0.25, 0.3) is 5.91 Å². The number of thiophene rings is 1. The second kappa shape index (κ2) is 7.44. The van der Waals surface area contributed by atoms with Gasteiger partial charge in [-0.2, -0.15) is 0 Å². The van der Waals surface area contributed by atoms with Gasteiger partial charge >= 0.3 is 0 Å². The summed E-state index contributed by atoms with van der Waals surface area (Å²) in [6.45, 7) is 9.64. The van der Waals surface area contributed by atoms with Crippen LogP contribution in [0.1, 0.15) is 26.8 Å². The Morgan fingerprint density at radius 3 is 2.54 bits per heavy atom. The molecule has 0 saturated carbocycles. The first-order valence-corrected chi connectivity index (χ1v) is 10.2. The van der Waals surface area contributed by atoms with E-state index in [0.717, 1.165) is 59.3 Å². The molecule has 4 rings (SSSR count). The largest absolute Gasteiger partial charge is 0.353 e. The molecule has 1 N–H and O–H groups in total. The van der Waals surface area contributed by atoms with Gasteiger partial charge in [-0.25, -0.2) is 15.0 Å². The molecule has 0 radical (unpaired) electrons. The first-order valence-electron chi connectivity index (χ1n) is 9.38. The van der Waals surface area contributed by atoms with Gasteiger partial charge in [-0.1, -0.05) is 6.07 Å². The number of amides is 1. The molecular weight excluding hydrogens is 372 g/mol. The number of hydrogen-bond donors (Lipinski definition) is 1. The molecule has 0 spiro atoms. The first kappa shape index (κ1) is 18.8. The molecule has 0 bridgehead atoms. The van der Waals surface area contributed by atoms with E-state index in [0.29, 0.717) is 10.7 Å². The Morgan fingerprint density at radius 1 is 1.07 bits per heavy atom. The summed E-state index contributed by atoms with van der Waals surface area (Å²) in [7, 11) is 2.13. The topological polar surface area (TPSA) is 74.2 Å². The van der Waals surface area contributed by atoms with Gasteiger partial charge in [-0.05, 0) is 45.5 Å². The van der Waals surface area contributed by atoms with Gasteiger partial charge in [0.2, 0.25) is 0 Å². The Kier molecular flexibility index (Phi) is 4.99. The van der Waals surface area contributed by atoms with E-state index in [1.54, 1.807) is 6.07 Å². The number of carbonyl (C=O) groups is 1. The van der Waals surface area contributed by atoms with Crippen molar-refractivity contribution < 1.29 is 4.79 Å². The quantitative estimate of drug-likeness (QED) is 0.734. The van der Waals surface area contributed by atoms with E-state index in [1.165, 1.54) is 11.3 Å². The zero-order valence-electron chi connectivity index (χ0n) is 16.6. The molecule has 1 fully saturated rings. The molecule has 0 unspecified atom stereocenters. The minimum absolute atomic E-state index is 0.152. The number of nitrogens with zero attached hydrogens (tertiary/aromatic N) is 5. The van der Waals surface area contributed by atoms with Crippen LogP contribution in [-0.2, 0) is 0 Å². The number of anilines is 2. The smallest absolute Gasteiger partial charge is 0.267 e. The summed E-state index contributed by atoms with van der Waals surface area (Å²) in [5, 5.41) is 3.90. The molecule has 146 valence electrons. The van der Waals surface area contributed by atoms with E-state index in [9.17, 15) is 4.79 Å². The Bertz CT molecular complexity index is 1040. The molecule has 0 aromatic carbocycles. The third-order valence-corrected chi connectivity index (χ3v) is 6.21. The highest BCUT2D eigenvalue weighted by Gasteiger charge is 2.24. The molecule has 4 heterocycles. The Balaban J connectivity index is 1.72. The molecule has 3 aromatic rings. The zero-order chi connectivity index (χ0) is 19.8. The van der Waals surface area contributed by atoms with E-state index >= 15 is 0 Å². The van der Waals surface area contributed by atoms with Crippen LogP contribution in [-0.4, -0.2) is 59.0 Å². The van der Waals surface area contributed by atoms with E-state index in [2.05, 4.69) is 32.1 Å². The second-order valence-corrected chi connectivity index (χ2v) is 8.24. The van der Waals surface area contributed by atoms with Crippen molar-refractivity contribution in [2.24, 2.45) is 0 Å². The second-order valence-electron chi connectivity index (χ2n) is 7.24. The standard InChI is InChI=1S/C20H24N6OS/c1-12-6-5-7-15(21-12)24-19(27)17-13(2)16-18(22-14(3)23-20(16)28-17)26-10-8-25(4)9-11-26/h5-7H,8-11H2,1-4H3,(H,21,24,27). The van der Waals surface area contributed by atoms with Crippen LogP contribution in [0.2, 0.25) is 0 Å². The van der Waals surface area contributed by atoms with Crippen molar-refractivity contribution in [2.45, 2.75) is 20.8 Å². The number of pyridine rings is 1. The highest BCUT2D eigenvalue weighted by Crippen LogP contribution is 2.36. The van der Waals surface area contributed by atoms with Crippen molar-refractivity contribution in [3.05, 3.63) is 40.2 Å². The normalized spacial score (nSPS) is 15.2. The number of carbonyl (C=O) groups excluding carboxylic acids is 1. The fraction of sp³-hybridized carbons (Fsp3) is 0.400. The highest BCUT2D eigenvalue weighted by molar-refractivity contribution is 7.20. The summed E-state index contributed by atoms with van der Waals surface area (Å²) < 4.78 is 0. The molecule has 7 nitrogen and oxygen atoms in total. The fourth-order valence-corrected chi connectivity index (χ4v) is 4.59. The lowest BCUT2D eigenvalue weighted by molar-refractivity contribution is 0.102. The number of nitrogens with one attached hydrogen (secondary N) is 1. The van der Waals surface area contributed by atoms with Crippen LogP contribution in [0.5, 0.6) is 0 Å². The maximum absolute atomic E-state index is 12.9. The maximum Gasteiger partial charge on any atom is 0.267 e. The Hall–Kier alpha value is -2.58. The van der Waals surface area contributed by atoms with Crippen molar-refractivity contribution >= 4 is 39.1 Å². The lowest BCUT2D eigenvalue weighted by Crippen LogP contribution is -2.45. The molecule has 1 saturated heterocycles. The third kappa shape index (κ3) is 3.57. The summed E-state index contributed by atoms with van der Waals surface area (Å²) in [5.74, 6) is 2.08. The predicted molar refractivity (Wildman–Crippen MR) is 114 cm³/mol. The van der Waals surface area contributed by atoms with Gasteiger partial charge in [0.05, 0.1) is 10.3 Å². The monoisotopic (exact) mass is 396 g/mol. The highest BCUT2D eigenvalue weighted by atomic mass is 32.1. The Morgan fingerprint density at radius 2 is 1.82 bits per heavy atom. The average molecular weight is 397 g/mol. The predicted octanol–water partition coefficient (Wildman–Crippen LogP) is 3.02. The number of aryl methyl sites for hydroxylation is 3. The van der Waals surface area contributed by atoms with Crippen LogP contribution in [0, 0.1) is 20.8 Å². The van der Waals surface area contributed by atoms with Gasteiger partial charge in [0.15, 0.2) is 0 Å². The first-order chi connectivity index (χ1) is 13.4. The lowest BCUT2D eigenvalue weighted by Gasteiger charge is -2.33. The van der Waals surface area contributed by atoms with Gasteiger partial charge in [-0.15, -0.1) is 11.3 Å². The van der Waals surface area contributed by atoms with Crippen molar-refractivity contribution in [3.8, 4) is 0 Å². The average Bonchev–Trinajstić information content (AvgIpc) is 2.98. The molecule has 0 aliphatic carbocycles. The van der Waals surface area contributed by atoms with E-state index in [1.807, 2.05) is 32.9 Å². The molecule has 1 aliphatic heterocycles. The van der Waals surface area contributed by atoms with Gasteiger partial charge in [0.1, 0.15) is 22.3 Å². The molecule has 1 aliphatic rings. The van der Waals surface area contributed by atoms with Crippen molar-refractivity contribution in [1.29, 1.82) is 0 Å². The number of fused-ring (bicyclic) bond motifs is 1. The van der Waals surface area contributed by atoms with Crippen LogP contribution in [0.15, 0.2) is 18.2 Å². The molecule has 3 aromatic heterocycles. The van der Waals surface area contributed by atoms with Crippen LogP contribution >= 0.6 is 11.3 Å². The fourth-order valence-electron chi connectivity index (χ4n) is 3.47. The van der Waals surface area contributed by atoms with Crippen molar-refractivity contribution in [3.63, 3.8) is 0 Å². The summed E-state index contributed by atoms with van der Waals surface area (Å²) in [6, 6.07) is 5.59. The SMILES string of the molecule is Cc1cccc(NC(=O)c2sc3nc(C)nc(N4CCN(C)CC4)c3c2C)n1. The van der Waals surface area contributed by atoms with Gasteiger partial charge in [-0.3, -0.25) is 4.79 Å². The molecule has 28 heavy (non-hydrogen) atoms. The van der Waals surface area contributed by atoms with Crippen LogP contribution < -0.4 is 10.2 Å². The van der Waals surface area contributed by atoms with Crippen LogP contribution in [0.25, 0.3) is 10.2 Å². The number of hydrogen-bond acceptors (Lipinski definition) is 7. The summed E-state index contributed by atoms with van der Waals surface area (Å²) in [5.41, 5.74) is 1.80. The van der Waals surface area contributed by atoms with E-state index < -0.39 is 0 Å². The minimum atomic E-state index is -0.152. The third-order valence-electron chi connectivity index (χ3n) is 5.02. The summed E-state index contributed by atoms with van der Waals surface area (Å²) in [6.07, 6.45) is 0. The molecule has 1 amide bonds.